The number of nitrogens with zero attached hydrogens (tertiary/aromatic N) is 2. The molecule has 0 amide bonds. The molecule has 0 saturated heterocycles. The Bertz CT molecular complexity index is 231. The Morgan fingerprint density at radius 2 is 2.18 bits per heavy atom. The Balaban J connectivity index is 2.71. The topological polar surface area (TPSA) is 25.8 Å². The van der Waals surface area contributed by atoms with Crippen molar-refractivity contribution >= 4 is 0 Å². The minimum Gasteiger partial charge on any atom is -0.242 e. The molecule has 0 fully saturated rings. The molecule has 0 aliphatic carbocycles. The van der Waals surface area contributed by atoms with Gasteiger partial charge in [0.1, 0.15) is 5.82 Å². The van der Waals surface area contributed by atoms with Gasteiger partial charge in [-0.2, -0.15) is 0 Å². The lowest BCUT2D eigenvalue weighted by Gasteiger charge is -2.03. The van der Waals surface area contributed by atoms with E-state index in [0.717, 1.165) is 17.9 Å². The van der Waals surface area contributed by atoms with Crippen molar-refractivity contribution in [2.75, 3.05) is 0 Å². The van der Waals surface area contributed by atoms with Crippen LogP contribution >= 0.6 is 0 Å². The maximum absolute atomic E-state index is 4.30. The minimum absolute atomic E-state index is 0.671. The lowest BCUT2D eigenvalue weighted by atomic mass is 10.1. The van der Waals surface area contributed by atoms with Crippen LogP contribution in [0.3, 0.4) is 0 Å². The molecule has 11 heavy (non-hydrogen) atoms. The van der Waals surface area contributed by atoms with Crippen molar-refractivity contribution in [1.82, 2.24) is 9.97 Å². The van der Waals surface area contributed by atoms with Crippen LogP contribution < -0.4 is 0 Å². The quantitative estimate of drug-likeness (QED) is 0.644. The molecular weight excluding hydrogens is 136 g/mol. The first-order chi connectivity index (χ1) is 5.18. The molecule has 0 aromatic carbocycles. The van der Waals surface area contributed by atoms with E-state index in [1.807, 2.05) is 19.2 Å². The second-order valence-electron chi connectivity index (χ2n) is 3.19. The van der Waals surface area contributed by atoms with Crippen LogP contribution in [0, 0.1) is 12.8 Å². The van der Waals surface area contributed by atoms with E-state index in [9.17, 15) is 0 Å². The third-order valence-electron chi connectivity index (χ3n) is 1.45. The van der Waals surface area contributed by atoms with Crippen LogP contribution in [0.2, 0.25) is 0 Å². The fraction of sp³-hybridized carbons (Fsp3) is 0.556. The molecule has 0 radical (unpaired) electrons. The highest BCUT2D eigenvalue weighted by Crippen LogP contribution is 2.03. The van der Waals surface area contributed by atoms with Crippen molar-refractivity contribution in [3.63, 3.8) is 0 Å². The van der Waals surface area contributed by atoms with Gasteiger partial charge in [0.15, 0.2) is 0 Å². The van der Waals surface area contributed by atoms with E-state index in [2.05, 4.69) is 23.8 Å². The highest BCUT2D eigenvalue weighted by molar-refractivity contribution is 5.01. The number of hydrogen-bond donors (Lipinski definition) is 0. The number of aromatic nitrogens is 2. The molecule has 2 nitrogen and oxygen atoms in total. The van der Waals surface area contributed by atoms with Gasteiger partial charge in [0.25, 0.3) is 0 Å². The van der Waals surface area contributed by atoms with E-state index < -0.39 is 0 Å². The van der Waals surface area contributed by atoms with E-state index in [1.165, 1.54) is 0 Å². The van der Waals surface area contributed by atoms with Gasteiger partial charge in [-0.15, -0.1) is 0 Å². The highest BCUT2D eigenvalue weighted by atomic mass is 14.9. The Labute approximate surface area is 67.7 Å². The molecule has 1 rings (SSSR count). The van der Waals surface area contributed by atoms with Crippen LogP contribution in [-0.4, -0.2) is 9.97 Å². The Kier molecular flexibility index (Phi) is 2.58. The van der Waals surface area contributed by atoms with Gasteiger partial charge in [-0.3, -0.25) is 0 Å². The summed E-state index contributed by atoms with van der Waals surface area (Å²) in [6.07, 6.45) is 2.86. The van der Waals surface area contributed by atoms with E-state index in [-0.39, 0.29) is 0 Å². The molecule has 0 aliphatic rings. The molecule has 60 valence electrons. The molecule has 0 unspecified atom stereocenters. The van der Waals surface area contributed by atoms with Gasteiger partial charge in [-0.25, -0.2) is 9.97 Å². The number of aryl methyl sites for hydroxylation is 1. The van der Waals surface area contributed by atoms with Gasteiger partial charge in [-0.1, -0.05) is 13.8 Å². The van der Waals surface area contributed by atoms with Crippen LogP contribution in [0.4, 0.5) is 0 Å². The molecule has 2 heteroatoms. The van der Waals surface area contributed by atoms with Gasteiger partial charge < -0.3 is 0 Å². The van der Waals surface area contributed by atoms with Crippen molar-refractivity contribution in [2.24, 2.45) is 5.92 Å². The third kappa shape index (κ3) is 2.66. The third-order valence-corrected chi connectivity index (χ3v) is 1.45. The molecule has 0 aliphatic heterocycles. The maximum atomic E-state index is 4.30. The van der Waals surface area contributed by atoms with E-state index >= 15 is 0 Å². The van der Waals surface area contributed by atoms with Crippen molar-refractivity contribution in [2.45, 2.75) is 27.2 Å². The predicted molar refractivity (Wildman–Crippen MR) is 45.3 cm³/mol. The van der Waals surface area contributed by atoms with Crippen LogP contribution in [0.25, 0.3) is 0 Å². The monoisotopic (exact) mass is 150 g/mol. The standard InChI is InChI=1S/C9H14N2/c1-7(2)6-9-4-5-10-8(3)11-9/h4-5,7H,6H2,1-3H3. The van der Waals surface area contributed by atoms with Crippen LogP contribution in [-0.2, 0) is 6.42 Å². The Hall–Kier alpha value is -0.920. The molecule has 0 spiro atoms. The van der Waals surface area contributed by atoms with Crippen molar-refractivity contribution < 1.29 is 0 Å². The van der Waals surface area contributed by atoms with Crippen molar-refractivity contribution in [1.29, 1.82) is 0 Å². The van der Waals surface area contributed by atoms with E-state index in [0.29, 0.717) is 5.92 Å². The maximum Gasteiger partial charge on any atom is 0.125 e. The largest absolute Gasteiger partial charge is 0.242 e. The molecule has 0 atom stereocenters. The van der Waals surface area contributed by atoms with Crippen LogP contribution in [0.15, 0.2) is 12.3 Å². The Morgan fingerprint density at radius 1 is 1.45 bits per heavy atom. The first-order valence-electron chi connectivity index (χ1n) is 3.97. The second kappa shape index (κ2) is 3.46. The summed E-state index contributed by atoms with van der Waals surface area (Å²) in [7, 11) is 0. The van der Waals surface area contributed by atoms with Crippen LogP contribution in [0.5, 0.6) is 0 Å². The Morgan fingerprint density at radius 3 is 2.73 bits per heavy atom. The molecule has 0 N–H and O–H groups in total. The fourth-order valence-electron chi connectivity index (χ4n) is 1.04. The lowest BCUT2D eigenvalue weighted by Crippen LogP contribution is -1.99. The van der Waals surface area contributed by atoms with E-state index in [4.69, 9.17) is 0 Å². The van der Waals surface area contributed by atoms with Crippen molar-refractivity contribution in [3.05, 3.63) is 23.8 Å². The van der Waals surface area contributed by atoms with Gasteiger partial charge in [-0.05, 0) is 25.3 Å². The zero-order valence-corrected chi connectivity index (χ0v) is 7.33. The van der Waals surface area contributed by atoms with Crippen molar-refractivity contribution in [3.8, 4) is 0 Å². The molecular formula is C9H14N2. The van der Waals surface area contributed by atoms with Gasteiger partial charge >= 0.3 is 0 Å². The summed E-state index contributed by atoms with van der Waals surface area (Å²) in [5.74, 6) is 1.53. The lowest BCUT2D eigenvalue weighted by molar-refractivity contribution is 0.632. The molecule has 1 aromatic heterocycles. The molecule has 0 saturated carbocycles. The van der Waals surface area contributed by atoms with Gasteiger partial charge in [0.05, 0.1) is 0 Å². The SMILES string of the molecule is Cc1nccc(CC(C)C)n1. The van der Waals surface area contributed by atoms with E-state index in [1.54, 1.807) is 0 Å². The first-order valence-corrected chi connectivity index (χ1v) is 3.97. The predicted octanol–water partition coefficient (Wildman–Crippen LogP) is 1.98. The minimum atomic E-state index is 0.671. The smallest absolute Gasteiger partial charge is 0.125 e. The van der Waals surface area contributed by atoms with Gasteiger partial charge in [0, 0.05) is 11.9 Å². The average Bonchev–Trinajstić information content (AvgIpc) is 1.85. The summed E-state index contributed by atoms with van der Waals surface area (Å²) >= 11 is 0. The summed E-state index contributed by atoms with van der Waals surface area (Å²) < 4.78 is 0. The highest BCUT2D eigenvalue weighted by Gasteiger charge is 1.98. The summed E-state index contributed by atoms with van der Waals surface area (Å²) in [5.41, 5.74) is 1.15. The zero-order chi connectivity index (χ0) is 8.27. The normalized spacial score (nSPS) is 10.5. The molecule has 1 aromatic rings. The molecule has 1 heterocycles. The second-order valence-corrected chi connectivity index (χ2v) is 3.19. The number of hydrogen-bond acceptors (Lipinski definition) is 2. The fourth-order valence-corrected chi connectivity index (χ4v) is 1.04. The first kappa shape index (κ1) is 8.18. The number of rotatable bonds is 2. The molecule has 0 bridgehead atoms. The zero-order valence-electron chi connectivity index (χ0n) is 7.33. The summed E-state index contributed by atoms with van der Waals surface area (Å²) in [6.45, 7) is 6.30. The van der Waals surface area contributed by atoms with Crippen LogP contribution in [0.1, 0.15) is 25.4 Å². The summed E-state index contributed by atoms with van der Waals surface area (Å²) in [6, 6.07) is 1.98. The van der Waals surface area contributed by atoms with Gasteiger partial charge in [0.2, 0.25) is 0 Å². The summed E-state index contributed by atoms with van der Waals surface area (Å²) in [4.78, 5) is 8.34. The summed E-state index contributed by atoms with van der Waals surface area (Å²) in [5, 5.41) is 0. The average molecular weight is 150 g/mol.